The predicted octanol–water partition coefficient (Wildman–Crippen LogP) is -0.268. The first kappa shape index (κ1) is 11.4. The molecule has 98 valence electrons. The van der Waals surface area contributed by atoms with Crippen LogP contribution in [-0.2, 0) is 14.3 Å². The fourth-order valence-corrected chi connectivity index (χ4v) is 3.42. The largest absolute Gasteiger partial charge is 0.466 e. The van der Waals surface area contributed by atoms with Gasteiger partial charge < -0.3 is 10.1 Å². The number of imide groups is 1. The van der Waals surface area contributed by atoms with Crippen molar-refractivity contribution in [2.75, 3.05) is 6.61 Å². The van der Waals surface area contributed by atoms with Gasteiger partial charge in [-0.15, -0.1) is 0 Å². The van der Waals surface area contributed by atoms with Gasteiger partial charge in [0.15, 0.2) is 5.54 Å². The van der Waals surface area contributed by atoms with Crippen molar-refractivity contribution in [1.29, 1.82) is 0 Å². The summed E-state index contributed by atoms with van der Waals surface area (Å²) in [6.45, 7) is 1.94. The van der Waals surface area contributed by atoms with Gasteiger partial charge in [0.1, 0.15) is 6.17 Å². The molecule has 2 aliphatic carbocycles. The summed E-state index contributed by atoms with van der Waals surface area (Å²) in [5.41, 5.74) is -1.56. The minimum Gasteiger partial charge on any atom is -0.466 e. The van der Waals surface area contributed by atoms with Crippen LogP contribution in [0.4, 0.5) is 9.18 Å². The van der Waals surface area contributed by atoms with Gasteiger partial charge in [-0.2, -0.15) is 0 Å². The molecule has 0 unspecified atom stereocenters. The summed E-state index contributed by atoms with van der Waals surface area (Å²) in [7, 11) is 0. The van der Waals surface area contributed by atoms with Crippen LogP contribution >= 0.6 is 0 Å². The molecule has 1 aliphatic heterocycles. The molecule has 5 atom stereocenters. The second kappa shape index (κ2) is 3.43. The average Bonchev–Trinajstić information content (AvgIpc) is 2.82. The van der Waals surface area contributed by atoms with E-state index in [1.807, 2.05) is 5.32 Å². The molecule has 6 nitrogen and oxygen atoms in total. The van der Waals surface area contributed by atoms with E-state index in [0.717, 1.165) is 0 Å². The fraction of sp³-hybridized carbons (Fsp3) is 0.727. The molecular formula is C11H13FN2O4. The zero-order chi connectivity index (χ0) is 13.1. The number of carbonyl (C=O) groups excluding carboxylic acids is 3. The van der Waals surface area contributed by atoms with Crippen LogP contribution in [0.5, 0.6) is 0 Å². The molecule has 0 bridgehead atoms. The Labute approximate surface area is 102 Å². The lowest BCUT2D eigenvalue weighted by molar-refractivity contribution is -0.146. The minimum absolute atomic E-state index is 0.113. The number of esters is 1. The van der Waals surface area contributed by atoms with Crippen LogP contribution < -0.4 is 10.6 Å². The van der Waals surface area contributed by atoms with Crippen LogP contribution in [0.3, 0.4) is 0 Å². The molecule has 3 amide bonds. The van der Waals surface area contributed by atoms with Crippen molar-refractivity contribution < 1.29 is 23.5 Å². The van der Waals surface area contributed by atoms with E-state index in [4.69, 9.17) is 4.74 Å². The number of hydrogen-bond donors (Lipinski definition) is 2. The number of rotatable bonds is 2. The van der Waals surface area contributed by atoms with E-state index in [2.05, 4.69) is 5.32 Å². The lowest BCUT2D eigenvalue weighted by atomic mass is 9.89. The number of amides is 3. The van der Waals surface area contributed by atoms with Gasteiger partial charge in [0.05, 0.1) is 12.5 Å². The smallest absolute Gasteiger partial charge is 0.322 e. The summed E-state index contributed by atoms with van der Waals surface area (Å²) in [4.78, 5) is 34.7. The van der Waals surface area contributed by atoms with Crippen molar-refractivity contribution in [2.24, 2.45) is 17.8 Å². The zero-order valence-electron chi connectivity index (χ0n) is 9.73. The Hall–Kier alpha value is -1.66. The Kier molecular flexibility index (Phi) is 2.18. The molecule has 3 fully saturated rings. The van der Waals surface area contributed by atoms with Gasteiger partial charge in [0.2, 0.25) is 0 Å². The summed E-state index contributed by atoms with van der Waals surface area (Å²) in [5, 5.41) is 4.41. The fourth-order valence-electron chi connectivity index (χ4n) is 3.42. The number of fused-ring (bicyclic) bond motifs is 2. The highest BCUT2D eigenvalue weighted by Gasteiger charge is 2.77. The average molecular weight is 256 g/mol. The molecule has 0 aromatic rings. The maximum absolute atomic E-state index is 14.0. The predicted molar refractivity (Wildman–Crippen MR) is 56.0 cm³/mol. The molecule has 0 radical (unpaired) electrons. The van der Waals surface area contributed by atoms with Crippen LogP contribution in [0.2, 0.25) is 0 Å². The Morgan fingerprint density at radius 2 is 2.28 bits per heavy atom. The van der Waals surface area contributed by atoms with Crippen LogP contribution in [-0.4, -0.2) is 36.2 Å². The van der Waals surface area contributed by atoms with E-state index < -0.39 is 41.5 Å². The molecule has 0 aromatic heterocycles. The molecule has 3 rings (SSSR count). The Balaban J connectivity index is 1.86. The van der Waals surface area contributed by atoms with E-state index in [1.165, 1.54) is 0 Å². The van der Waals surface area contributed by atoms with Crippen molar-refractivity contribution >= 4 is 17.9 Å². The van der Waals surface area contributed by atoms with Crippen molar-refractivity contribution in [3.8, 4) is 0 Å². The van der Waals surface area contributed by atoms with Gasteiger partial charge in [-0.05, 0) is 19.3 Å². The van der Waals surface area contributed by atoms with Gasteiger partial charge in [0.25, 0.3) is 5.91 Å². The quantitative estimate of drug-likeness (QED) is 0.526. The standard InChI is InChI=1S/C11H13FN2O4/c1-2-18-8(15)6-4-3-5(12)11(7(4)6)9(16)13-10(17)14-11/h4-7H,2-3H2,1H3,(H2,13,14,16,17)/t4-,5+,6-,7-,11+/m0/s1. The molecule has 18 heavy (non-hydrogen) atoms. The molecule has 7 heteroatoms. The Bertz CT molecular complexity index is 454. The van der Waals surface area contributed by atoms with Crippen LogP contribution in [0.15, 0.2) is 0 Å². The highest BCUT2D eigenvalue weighted by Crippen LogP contribution is 2.64. The summed E-state index contributed by atoms with van der Waals surface area (Å²) in [6, 6.07) is -0.696. The third-order valence-corrected chi connectivity index (χ3v) is 4.15. The SMILES string of the molecule is CCOC(=O)[C@H]1[C@@H]2C[C@@H](F)[C@@]3(NC(=O)NC3=O)[C@@H]21. The first-order valence-electron chi connectivity index (χ1n) is 5.96. The first-order chi connectivity index (χ1) is 8.52. The highest BCUT2D eigenvalue weighted by atomic mass is 19.1. The number of ether oxygens (including phenoxy) is 1. The second-order valence-corrected chi connectivity index (χ2v) is 4.95. The van der Waals surface area contributed by atoms with Crippen LogP contribution in [0.1, 0.15) is 13.3 Å². The summed E-state index contributed by atoms with van der Waals surface area (Å²) < 4.78 is 18.9. The van der Waals surface area contributed by atoms with E-state index in [-0.39, 0.29) is 18.9 Å². The van der Waals surface area contributed by atoms with E-state index in [9.17, 15) is 18.8 Å². The number of hydrogen-bond acceptors (Lipinski definition) is 4. The molecule has 1 heterocycles. The van der Waals surface area contributed by atoms with Gasteiger partial charge in [-0.3, -0.25) is 14.9 Å². The third-order valence-electron chi connectivity index (χ3n) is 4.15. The van der Waals surface area contributed by atoms with Crippen molar-refractivity contribution in [3.63, 3.8) is 0 Å². The monoisotopic (exact) mass is 256 g/mol. The first-order valence-corrected chi connectivity index (χ1v) is 5.96. The highest BCUT2D eigenvalue weighted by molar-refractivity contribution is 6.09. The van der Waals surface area contributed by atoms with Gasteiger partial charge in [0, 0.05) is 5.92 Å². The molecule has 0 aromatic carbocycles. The normalized spacial score (nSPS) is 44.6. The van der Waals surface area contributed by atoms with Gasteiger partial charge >= 0.3 is 12.0 Å². The van der Waals surface area contributed by atoms with Crippen molar-refractivity contribution in [1.82, 2.24) is 10.6 Å². The zero-order valence-corrected chi connectivity index (χ0v) is 9.73. The summed E-state index contributed by atoms with van der Waals surface area (Å²) >= 11 is 0. The molecule has 1 saturated heterocycles. The molecule has 2 N–H and O–H groups in total. The molecule has 3 aliphatic rings. The molecular weight excluding hydrogens is 243 g/mol. The Morgan fingerprint density at radius 3 is 2.83 bits per heavy atom. The number of alkyl halides is 1. The number of urea groups is 1. The van der Waals surface area contributed by atoms with E-state index in [1.54, 1.807) is 6.92 Å². The third kappa shape index (κ3) is 1.19. The summed E-state index contributed by atoms with van der Waals surface area (Å²) in [5.74, 6) is -2.23. The Morgan fingerprint density at radius 1 is 1.56 bits per heavy atom. The molecule has 2 saturated carbocycles. The van der Waals surface area contributed by atoms with Gasteiger partial charge in [-0.1, -0.05) is 0 Å². The van der Waals surface area contributed by atoms with E-state index in [0.29, 0.717) is 0 Å². The minimum atomic E-state index is -1.56. The van der Waals surface area contributed by atoms with Crippen molar-refractivity contribution in [3.05, 3.63) is 0 Å². The number of carbonyl (C=O) groups is 3. The summed E-state index contributed by atoms with van der Waals surface area (Å²) in [6.07, 6.45) is -1.33. The number of nitrogens with one attached hydrogen (secondary N) is 2. The number of halogens is 1. The van der Waals surface area contributed by atoms with E-state index >= 15 is 0 Å². The van der Waals surface area contributed by atoms with Crippen LogP contribution in [0.25, 0.3) is 0 Å². The topological polar surface area (TPSA) is 84.5 Å². The lowest BCUT2D eigenvalue weighted by Gasteiger charge is -2.26. The lowest BCUT2D eigenvalue weighted by Crippen LogP contribution is -2.55. The maximum atomic E-state index is 14.0. The van der Waals surface area contributed by atoms with Crippen LogP contribution in [0, 0.1) is 17.8 Å². The van der Waals surface area contributed by atoms with Crippen molar-refractivity contribution in [2.45, 2.75) is 25.1 Å². The van der Waals surface area contributed by atoms with Gasteiger partial charge in [-0.25, -0.2) is 9.18 Å². The molecule has 1 spiro atoms. The second-order valence-electron chi connectivity index (χ2n) is 4.95. The maximum Gasteiger partial charge on any atom is 0.322 e.